The predicted molar refractivity (Wildman–Crippen MR) is 112 cm³/mol. The van der Waals surface area contributed by atoms with Crippen LogP contribution >= 0.6 is 7.92 Å². The van der Waals surface area contributed by atoms with Crippen molar-refractivity contribution >= 4 is 24.1 Å². The summed E-state index contributed by atoms with van der Waals surface area (Å²) in [5, 5.41) is 2.21. The molecular formula is C23H19F2N2P. The van der Waals surface area contributed by atoms with Gasteiger partial charge in [0.15, 0.2) is 0 Å². The van der Waals surface area contributed by atoms with Crippen molar-refractivity contribution in [1.82, 2.24) is 9.55 Å². The molecule has 0 unspecified atom stereocenters. The van der Waals surface area contributed by atoms with Gasteiger partial charge in [-0.3, -0.25) is 4.57 Å². The van der Waals surface area contributed by atoms with Gasteiger partial charge in [0.2, 0.25) is 0 Å². The van der Waals surface area contributed by atoms with E-state index >= 15 is 0 Å². The summed E-state index contributed by atoms with van der Waals surface area (Å²) in [6, 6.07) is 20.1. The fourth-order valence-electron chi connectivity index (χ4n) is 3.09. The van der Waals surface area contributed by atoms with Gasteiger partial charge in [-0.25, -0.2) is 13.8 Å². The topological polar surface area (TPSA) is 17.8 Å². The first-order valence-electron chi connectivity index (χ1n) is 8.95. The van der Waals surface area contributed by atoms with Crippen LogP contribution < -0.4 is 16.2 Å². The van der Waals surface area contributed by atoms with E-state index < -0.39 is 19.6 Å². The summed E-state index contributed by atoms with van der Waals surface area (Å²) in [5.41, 5.74) is 3.20. The van der Waals surface area contributed by atoms with E-state index in [9.17, 15) is 8.78 Å². The molecule has 1 aromatic heterocycles. The largest absolute Gasteiger partial charge is 0.297 e. The van der Waals surface area contributed by atoms with E-state index in [4.69, 9.17) is 0 Å². The van der Waals surface area contributed by atoms with Crippen LogP contribution in [0.4, 0.5) is 8.78 Å². The maximum absolute atomic E-state index is 14.5. The minimum atomic E-state index is -1.04. The second-order valence-electron chi connectivity index (χ2n) is 6.70. The maximum atomic E-state index is 14.5. The molecule has 0 fully saturated rings. The average Bonchev–Trinajstić information content (AvgIpc) is 3.16. The standard InChI is InChI=1S/C23H19F2N2P/c1-16-3-8-19(9-4-16)28(20-10-5-17(2)6-11-20)23-26-13-14-27(23)22-15-18(24)7-12-21(22)25/h3-15H,1-2H3. The Morgan fingerprint density at radius 3 is 1.93 bits per heavy atom. The molecule has 0 bridgehead atoms. The minimum absolute atomic E-state index is 0.166. The first kappa shape index (κ1) is 18.5. The Labute approximate surface area is 164 Å². The number of benzene rings is 3. The van der Waals surface area contributed by atoms with E-state index in [1.54, 1.807) is 17.0 Å². The van der Waals surface area contributed by atoms with E-state index in [2.05, 4.69) is 53.5 Å². The molecule has 4 rings (SSSR count). The van der Waals surface area contributed by atoms with Crippen molar-refractivity contribution in [2.24, 2.45) is 0 Å². The number of rotatable bonds is 4. The van der Waals surface area contributed by atoms with Gasteiger partial charge in [0, 0.05) is 26.4 Å². The Morgan fingerprint density at radius 2 is 1.36 bits per heavy atom. The Morgan fingerprint density at radius 1 is 0.786 bits per heavy atom. The van der Waals surface area contributed by atoms with E-state index in [0.29, 0.717) is 5.57 Å². The van der Waals surface area contributed by atoms with Crippen molar-refractivity contribution in [2.45, 2.75) is 13.8 Å². The smallest absolute Gasteiger partial charge is 0.147 e. The number of hydrogen-bond donors (Lipinski definition) is 0. The summed E-state index contributed by atoms with van der Waals surface area (Å²) in [4.78, 5) is 4.56. The van der Waals surface area contributed by atoms with E-state index in [1.807, 2.05) is 13.8 Å². The molecule has 0 atom stereocenters. The predicted octanol–water partition coefficient (Wildman–Crippen LogP) is 4.53. The van der Waals surface area contributed by atoms with Crippen LogP contribution in [-0.2, 0) is 0 Å². The van der Waals surface area contributed by atoms with Gasteiger partial charge < -0.3 is 0 Å². The molecule has 2 nitrogen and oxygen atoms in total. The van der Waals surface area contributed by atoms with Gasteiger partial charge in [0.25, 0.3) is 0 Å². The lowest BCUT2D eigenvalue weighted by Crippen LogP contribution is -2.27. The monoisotopic (exact) mass is 392 g/mol. The minimum Gasteiger partial charge on any atom is -0.297 e. The molecule has 0 radical (unpaired) electrons. The molecular weight excluding hydrogens is 373 g/mol. The quantitative estimate of drug-likeness (QED) is 0.467. The van der Waals surface area contributed by atoms with Crippen LogP contribution in [0.5, 0.6) is 0 Å². The van der Waals surface area contributed by atoms with Crippen LogP contribution in [0.3, 0.4) is 0 Å². The van der Waals surface area contributed by atoms with Gasteiger partial charge in [-0.2, -0.15) is 0 Å². The molecule has 0 aliphatic heterocycles. The van der Waals surface area contributed by atoms with Crippen LogP contribution in [-0.4, -0.2) is 9.55 Å². The highest BCUT2D eigenvalue weighted by Crippen LogP contribution is 2.33. The number of aryl methyl sites for hydroxylation is 2. The van der Waals surface area contributed by atoms with Crippen molar-refractivity contribution in [1.29, 1.82) is 0 Å². The highest BCUT2D eigenvalue weighted by molar-refractivity contribution is 7.79. The van der Waals surface area contributed by atoms with Crippen molar-refractivity contribution in [2.75, 3.05) is 0 Å². The van der Waals surface area contributed by atoms with Crippen LogP contribution in [0.2, 0.25) is 0 Å². The maximum Gasteiger partial charge on any atom is 0.147 e. The summed E-state index contributed by atoms with van der Waals surface area (Å²) >= 11 is 0. The molecule has 1 heterocycles. The second-order valence-corrected chi connectivity index (χ2v) is 8.80. The zero-order chi connectivity index (χ0) is 19.7. The summed E-state index contributed by atoms with van der Waals surface area (Å²) in [5.74, 6) is -0.963. The third-order valence-electron chi connectivity index (χ3n) is 4.57. The van der Waals surface area contributed by atoms with E-state index in [0.717, 1.165) is 22.7 Å². The van der Waals surface area contributed by atoms with Crippen molar-refractivity contribution in [3.63, 3.8) is 0 Å². The normalized spacial score (nSPS) is 11.2. The SMILES string of the molecule is Cc1ccc(P(c2ccc(C)cc2)c2nccn2-c2cc(F)ccc2F)cc1. The number of hydrogen-bond acceptors (Lipinski definition) is 1. The van der Waals surface area contributed by atoms with Gasteiger partial charge in [-0.05, 0) is 36.6 Å². The molecule has 28 heavy (non-hydrogen) atoms. The van der Waals surface area contributed by atoms with Gasteiger partial charge in [0.1, 0.15) is 17.2 Å². The summed E-state index contributed by atoms with van der Waals surface area (Å²) < 4.78 is 29.9. The Kier molecular flexibility index (Phi) is 5.06. The molecule has 0 saturated heterocycles. The molecule has 0 aliphatic rings. The van der Waals surface area contributed by atoms with Crippen molar-refractivity contribution in [3.05, 3.63) is 102 Å². The molecule has 0 aliphatic carbocycles. The van der Waals surface area contributed by atoms with Crippen molar-refractivity contribution < 1.29 is 8.78 Å². The first-order chi connectivity index (χ1) is 13.5. The molecule has 0 N–H and O–H groups in total. The van der Waals surface area contributed by atoms with Gasteiger partial charge in [0.05, 0.1) is 5.69 Å². The number of halogens is 2. The van der Waals surface area contributed by atoms with Crippen molar-refractivity contribution in [3.8, 4) is 5.69 Å². The Hall–Kier alpha value is -2.84. The summed E-state index contributed by atoms with van der Waals surface area (Å²) in [6.45, 7) is 4.09. The molecule has 5 heteroatoms. The zero-order valence-electron chi connectivity index (χ0n) is 15.6. The summed E-state index contributed by atoms with van der Waals surface area (Å²) in [7, 11) is -1.04. The molecule has 0 spiro atoms. The van der Waals surface area contributed by atoms with E-state index in [1.165, 1.54) is 17.2 Å². The number of nitrogens with zero attached hydrogens (tertiary/aromatic N) is 2. The lowest BCUT2D eigenvalue weighted by atomic mass is 10.2. The van der Waals surface area contributed by atoms with Crippen LogP contribution in [0, 0.1) is 25.5 Å². The zero-order valence-corrected chi connectivity index (χ0v) is 16.5. The molecule has 0 saturated carbocycles. The van der Waals surface area contributed by atoms with Gasteiger partial charge in [-0.1, -0.05) is 59.7 Å². The summed E-state index contributed by atoms with van der Waals surface area (Å²) in [6.07, 6.45) is 3.32. The fraction of sp³-hybridized carbons (Fsp3) is 0.0870. The average molecular weight is 392 g/mol. The third kappa shape index (κ3) is 3.61. The Bertz CT molecular complexity index is 1060. The van der Waals surface area contributed by atoms with Crippen LogP contribution in [0.1, 0.15) is 11.1 Å². The molecule has 0 amide bonds. The van der Waals surface area contributed by atoms with Crippen LogP contribution in [0.15, 0.2) is 79.1 Å². The van der Waals surface area contributed by atoms with Crippen LogP contribution in [0.25, 0.3) is 5.69 Å². The second kappa shape index (κ2) is 7.65. The number of imidazole rings is 1. The molecule has 140 valence electrons. The van der Waals surface area contributed by atoms with E-state index in [-0.39, 0.29) is 5.69 Å². The van der Waals surface area contributed by atoms with Gasteiger partial charge >= 0.3 is 0 Å². The Balaban J connectivity index is 1.91. The third-order valence-corrected chi connectivity index (χ3v) is 6.93. The highest BCUT2D eigenvalue weighted by Gasteiger charge is 2.23. The highest BCUT2D eigenvalue weighted by atomic mass is 31.1. The van der Waals surface area contributed by atoms with Gasteiger partial charge in [-0.15, -0.1) is 0 Å². The lowest BCUT2D eigenvalue weighted by molar-refractivity contribution is 0.593. The first-order valence-corrected chi connectivity index (χ1v) is 10.3. The number of aromatic nitrogens is 2. The molecule has 3 aromatic carbocycles. The fourth-order valence-corrected chi connectivity index (χ4v) is 5.31. The molecule has 4 aromatic rings. The lowest BCUT2D eigenvalue weighted by Gasteiger charge is -2.20.